The number of non-ortho nitro benzene ring substituents is 1. The highest BCUT2D eigenvalue weighted by Gasteiger charge is 2.13. The first-order chi connectivity index (χ1) is 17.2. The van der Waals surface area contributed by atoms with Crippen LogP contribution in [0.4, 0.5) is 28.4 Å². The molecule has 0 aliphatic carbocycles. The number of nitrogens with zero attached hydrogens (tertiary/aromatic N) is 4. The van der Waals surface area contributed by atoms with E-state index in [-0.39, 0.29) is 36.3 Å². The highest BCUT2D eigenvalue weighted by Crippen LogP contribution is 2.34. The fraction of sp³-hybridized carbons (Fsp3) is 0.391. The lowest BCUT2D eigenvalue weighted by atomic mass is 10.2. The number of anilines is 2. The van der Waals surface area contributed by atoms with Gasteiger partial charge in [0.25, 0.3) is 5.69 Å². The molecule has 0 aliphatic heterocycles. The molecule has 0 heterocycles. The number of benzene rings is 2. The third-order valence-electron chi connectivity index (χ3n) is 4.65. The number of nitro benzene ring substituents is 1. The Bertz CT molecular complexity index is 1080. The van der Waals surface area contributed by atoms with Gasteiger partial charge in [-0.1, -0.05) is 11.6 Å². The van der Waals surface area contributed by atoms with Crippen LogP contribution < -0.4 is 10.2 Å². The monoisotopic (exact) mass is 521 g/mol. The number of carbonyl (C=O) groups is 2. The van der Waals surface area contributed by atoms with E-state index < -0.39 is 16.9 Å². The lowest BCUT2D eigenvalue weighted by Crippen LogP contribution is -2.32. The Morgan fingerprint density at radius 1 is 1.03 bits per heavy atom. The lowest BCUT2D eigenvalue weighted by Gasteiger charge is -2.25. The SMILES string of the molecule is CCOCNc1cc(N(CCOC(C)=O)CCOC(C)=O)ccc1N=Nc1ccc([N+](=O)[O-])cc1Cl. The van der Waals surface area contributed by atoms with Gasteiger partial charge in [0.1, 0.15) is 31.3 Å². The molecule has 2 aromatic carbocycles. The molecule has 0 saturated carbocycles. The average molecular weight is 522 g/mol. The maximum Gasteiger partial charge on any atom is 0.302 e. The molecule has 1 N–H and O–H groups in total. The number of azo groups is 1. The number of nitrogens with one attached hydrogen (secondary N) is 1. The van der Waals surface area contributed by atoms with Gasteiger partial charge in [-0.05, 0) is 31.2 Å². The normalized spacial score (nSPS) is 10.8. The van der Waals surface area contributed by atoms with Crippen LogP contribution in [0.1, 0.15) is 20.8 Å². The van der Waals surface area contributed by atoms with Crippen molar-refractivity contribution in [2.24, 2.45) is 10.2 Å². The highest BCUT2D eigenvalue weighted by molar-refractivity contribution is 6.33. The van der Waals surface area contributed by atoms with Crippen LogP contribution in [-0.4, -0.2) is 56.5 Å². The van der Waals surface area contributed by atoms with Crippen LogP contribution in [0, 0.1) is 10.1 Å². The third kappa shape index (κ3) is 9.47. The Balaban J connectivity index is 2.32. The summed E-state index contributed by atoms with van der Waals surface area (Å²) in [4.78, 5) is 34.6. The molecule has 0 atom stereocenters. The Kier molecular flexibility index (Phi) is 11.5. The van der Waals surface area contributed by atoms with Crippen molar-refractivity contribution in [3.8, 4) is 0 Å². The minimum atomic E-state index is -0.546. The number of nitro groups is 1. The summed E-state index contributed by atoms with van der Waals surface area (Å²) in [7, 11) is 0. The van der Waals surface area contributed by atoms with Crippen LogP contribution in [0.25, 0.3) is 0 Å². The summed E-state index contributed by atoms with van der Waals surface area (Å²) in [5.74, 6) is -0.788. The zero-order valence-corrected chi connectivity index (χ0v) is 21.0. The summed E-state index contributed by atoms with van der Waals surface area (Å²) in [6.07, 6.45) is 0. The molecule has 0 fully saturated rings. The molecular weight excluding hydrogens is 494 g/mol. The van der Waals surface area contributed by atoms with Crippen LogP contribution in [0.15, 0.2) is 46.6 Å². The molecule has 2 rings (SSSR count). The molecular formula is C23H28ClN5O7. The molecule has 0 spiro atoms. The van der Waals surface area contributed by atoms with Gasteiger partial charge in [-0.15, -0.1) is 10.2 Å². The highest BCUT2D eigenvalue weighted by atomic mass is 35.5. The van der Waals surface area contributed by atoms with Gasteiger partial charge < -0.3 is 24.4 Å². The maximum absolute atomic E-state index is 11.2. The van der Waals surface area contributed by atoms with E-state index in [2.05, 4.69) is 15.5 Å². The van der Waals surface area contributed by atoms with Crippen molar-refractivity contribution in [2.75, 3.05) is 49.9 Å². The van der Waals surface area contributed by atoms with E-state index in [0.29, 0.717) is 31.1 Å². The fourth-order valence-electron chi connectivity index (χ4n) is 2.95. The molecule has 0 bridgehead atoms. The smallest absolute Gasteiger partial charge is 0.302 e. The molecule has 2 aromatic rings. The molecule has 194 valence electrons. The van der Waals surface area contributed by atoms with Crippen LogP contribution in [-0.2, 0) is 23.8 Å². The van der Waals surface area contributed by atoms with Gasteiger partial charge in [0.2, 0.25) is 0 Å². The van der Waals surface area contributed by atoms with Crippen molar-refractivity contribution >= 4 is 52.0 Å². The van der Waals surface area contributed by atoms with Crippen LogP contribution in [0.3, 0.4) is 0 Å². The Labute approximate surface area is 213 Å². The number of esters is 2. The minimum Gasteiger partial charge on any atom is -0.464 e. The summed E-state index contributed by atoms with van der Waals surface area (Å²) >= 11 is 6.12. The Morgan fingerprint density at radius 2 is 1.64 bits per heavy atom. The Morgan fingerprint density at radius 3 is 2.19 bits per heavy atom. The standard InChI is InChI=1S/C23H28ClN5O7/c1-4-34-15-25-23-14-18(28(9-11-35-16(2)30)10-12-36-17(3)31)5-8-22(23)27-26-21-7-6-19(29(32)33)13-20(21)24/h5-8,13-14,25H,4,9-12,15H2,1-3H3. The first kappa shape index (κ1) is 28.5. The molecule has 12 nitrogen and oxygen atoms in total. The number of halogens is 1. The molecule has 36 heavy (non-hydrogen) atoms. The zero-order chi connectivity index (χ0) is 26.5. The number of hydrogen-bond acceptors (Lipinski definition) is 11. The fourth-order valence-corrected chi connectivity index (χ4v) is 3.16. The van der Waals surface area contributed by atoms with Crippen LogP contribution in [0.2, 0.25) is 5.02 Å². The van der Waals surface area contributed by atoms with Crippen LogP contribution in [0.5, 0.6) is 0 Å². The summed E-state index contributed by atoms with van der Waals surface area (Å²) in [5, 5.41) is 22.5. The van der Waals surface area contributed by atoms with Gasteiger partial charge >= 0.3 is 11.9 Å². The van der Waals surface area contributed by atoms with Crippen molar-refractivity contribution in [1.82, 2.24) is 0 Å². The predicted molar refractivity (Wildman–Crippen MR) is 134 cm³/mol. The van der Waals surface area contributed by atoms with Gasteiger partial charge in [-0.2, -0.15) is 0 Å². The van der Waals surface area contributed by atoms with Crippen molar-refractivity contribution in [3.63, 3.8) is 0 Å². The van der Waals surface area contributed by atoms with E-state index in [0.717, 1.165) is 5.69 Å². The maximum atomic E-state index is 11.2. The minimum absolute atomic E-state index is 0.0931. The van der Waals surface area contributed by atoms with Crippen molar-refractivity contribution in [2.45, 2.75) is 20.8 Å². The second kappa shape index (κ2) is 14.6. The van der Waals surface area contributed by atoms with E-state index in [9.17, 15) is 19.7 Å². The average Bonchev–Trinajstić information content (AvgIpc) is 2.82. The van der Waals surface area contributed by atoms with E-state index >= 15 is 0 Å². The number of carbonyl (C=O) groups excluding carboxylic acids is 2. The van der Waals surface area contributed by atoms with E-state index in [1.165, 1.54) is 32.0 Å². The second-order valence-electron chi connectivity index (χ2n) is 7.28. The van der Waals surface area contributed by atoms with E-state index in [1.807, 2.05) is 17.9 Å². The van der Waals surface area contributed by atoms with Crippen molar-refractivity contribution in [1.29, 1.82) is 0 Å². The lowest BCUT2D eigenvalue weighted by molar-refractivity contribution is -0.384. The van der Waals surface area contributed by atoms with Crippen molar-refractivity contribution < 1.29 is 28.7 Å². The van der Waals surface area contributed by atoms with Gasteiger partial charge in [0.05, 0.1) is 28.7 Å². The quantitative estimate of drug-likeness (QED) is 0.0905. The summed E-state index contributed by atoms with van der Waals surface area (Å²) in [5.41, 5.74) is 1.93. The number of hydrogen-bond donors (Lipinski definition) is 1. The molecule has 0 amide bonds. The molecule has 0 aromatic heterocycles. The summed E-state index contributed by atoms with van der Waals surface area (Å²) in [6, 6.07) is 9.24. The molecule has 0 aliphatic rings. The predicted octanol–water partition coefficient (Wildman–Crippen LogP) is 5.00. The molecule has 13 heteroatoms. The van der Waals surface area contributed by atoms with Gasteiger partial charge in [-0.25, -0.2) is 0 Å². The first-order valence-electron chi connectivity index (χ1n) is 11.0. The largest absolute Gasteiger partial charge is 0.464 e. The number of ether oxygens (including phenoxy) is 3. The molecule has 0 unspecified atom stereocenters. The summed E-state index contributed by atoms with van der Waals surface area (Å²) in [6.45, 7) is 6.26. The number of rotatable bonds is 14. The van der Waals surface area contributed by atoms with E-state index in [1.54, 1.807) is 12.1 Å². The van der Waals surface area contributed by atoms with Gasteiger partial charge in [0.15, 0.2) is 0 Å². The second-order valence-corrected chi connectivity index (χ2v) is 7.68. The topological polar surface area (TPSA) is 145 Å². The molecule has 0 saturated heterocycles. The van der Waals surface area contributed by atoms with E-state index in [4.69, 9.17) is 25.8 Å². The van der Waals surface area contributed by atoms with Gasteiger partial charge in [-0.3, -0.25) is 19.7 Å². The first-order valence-corrected chi connectivity index (χ1v) is 11.4. The third-order valence-corrected chi connectivity index (χ3v) is 4.96. The van der Waals surface area contributed by atoms with Gasteiger partial charge in [0, 0.05) is 38.3 Å². The zero-order valence-electron chi connectivity index (χ0n) is 20.2. The summed E-state index contributed by atoms with van der Waals surface area (Å²) < 4.78 is 15.5. The Hall–Kier alpha value is -3.77. The van der Waals surface area contributed by atoms with Crippen LogP contribution >= 0.6 is 11.6 Å². The van der Waals surface area contributed by atoms with Crippen molar-refractivity contribution in [3.05, 3.63) is 51.5 Å². The molecule has 0 radical (unpaired) electrons.